The summed E-state index contributed by atoms with van der Waals surface area (Å²) in [5, 5.41) is 4.15. The minimum atomic E-state index is -3.96. The molecule has 39 heavy (non-hydrogen) atoms. The maximum atomic E-state index is 13.5. The fourth-order valence-electron chi connectivity index (χ4n) is 4.61. The van der Waals surface area contributed by atoms with E-state index in [1.54, 1.807) is 48.7 Å². The number of sulfonamides is 1. The first-order valence-corrected chi connectivity index (χ1v) is 14.9. The van der Waals surface area contributed by atoms with E-state index in [2.05, 4.69) is 20.3 Å². The minimum absolute atomic E-state index is 0.00438. The molecule has 1 rings (SSSR count). The first-order valence-electron chi connectivity index (χ1n) is 13.3. The van der Waals surface area contributed by atoms with Gasteiger partial charge in [0.1, 0.15) is 17.5 Å². The van der Waals surface area contributed by atoms with E-state index in [4.69, 9.17) is 14.2 Å². The third kappa shape index (κ3) is 12.1. The third-order valence-electron chi connectivity index (χ3n) is 6.43. The summed E-state index contributed by atoms with van der Waals surface area (Å²) >= 11 is 0. The molecule has 3 N–H and O–H groups in total. The quantitative estimate of drug-likeness (QED) is 0.163. The highest BCUT2D eigenvalue weighted by atomic mass is 32.2. The van der Waals surface area contributed by atoms with Gasteiger partial charge in [0.2, 0.25) is 16.0 Å². The molecule has 1 fully saturated rings. The van der Waals surface area contributed by atoms with E-state index in [0.717, 1.165) is 0 Å². The van der Waals surface area contributed by atoms with Crippen LogP contribution in [0.15, 0.2) is 4.99 Å². The van der Waals surface area contributed by atoms with Gasteiger partial charge in [0.25, 0.3) is 0 Å². The summed E-state index contributed by atoms with van der Waals surface area (Å²) in [6.07, 6.45) is 0.0831. The predicted octanol–water partition coefficient (Wildman–Crippen LogP) is 3.35. The van der Waals surface area contributed by atoms with Crippen LogP contribution in [-0.2, 0) is 29.0 Å². The zero-order chi connectivity index (χ0) is 30.2. The molecule has 1 aliphatic carbocycles. The first-order chi connectivity index (χ1) is 17.8. The second kappa shape index (κ2) is 14.3. The van der Waals surface area contributed by atoms with Crippen LogP contribution in [0.5, 0.6) is 0 Å². The number of rotatable bonds is 9. The molecule has 0 aliphatic heterocycles. The van der Waals surface area contributed by atoms with E-state index < -0.39 is 44.7 Å². The van der Waals surface area contributed by atoms with Crippen molar-refractivity contribution in [3.8, 4) is 0 Å². The molecule has 2 amide bonds. The van der Waals surface area contributed by atoms with Crippen molar-refractivity contribution in [2.75, 3.05) is 13.7 Å². The first kappa shape index (κ1) is 34.6. The van der Waals surface area contributed by atoms with E-state index in [-0.39, 0.29) is 42.8 Å². The molecule has 5 unspecified atom stereocenters. The number of nitrogens with one attached hydrogen (secondary N) is 3. The van der Waals surface area contributed by atoms with Crippen LogP contribution in [-0.4, -0.2) is 75.1 Å². The van der Waals surface area contributed by atoms with Crippen LogP contribution in [0.1, 0.15) is 81.6 Å². The lowest BCUT2D eigenvalue weighted by molar-refractivity contribution is -0.109. The van der Waals surface area contributed by atoms with Crippen LogP contribution in [0.4, 0.5) is 9.59 Å². The van der Waals surface area contributed by atoms with Gasteiger partial charge < -0.3 is 24.3 Å². The standard InChI is InChI=1S/C26H48N4O8S/c1-16-14-20(36-10)17(2)18(3)21(16)39(34,35)30-22(29-24(33)38-26(7,8)9)27-13-11-12-19(15-31)28-23(32)37-25(4,5)6/h15-21H,11-14H2,1-10H3,(H,28,32)(H2,27,29,30,33)/t16?,17?,18?,19-,20?,21?/m0/s1. The summed E-state index contributed by atoms with van der Waals surface area (Å²) in [7, 11) is -2.34. The van der Waals surface area contributed by atoms with Gasteiger partial charge in [0.15, 0.2) is 0 Å². The Morgan fingerprint density at radius 2 is 1.56 bits per heavy atom. The number of methoxy groups -OCH3 is 1. The average molecular weight is 577 g/mol. The summed E-state index contributed by atoms with van der Waals surface area (Å²) in [6.45, 7) is 16.0. The molecule has 1 aliphatic rings. The molecule has 12 nitrogen and oxygen atoms in total. The number of hydrogen-bond donors (Lipinski definition) is 3. The highest BCUT2D eigenvalue weighted by molar-refractivity contribution is 7.90. The smallest absolute Gasteiger partial charge is 0.414 e. The van der Waals surface area contributed by atoms with E-state index in [1.165, 1.54) is 0 Å². The maximum absolute atomic E-state index is 13.5. The Kier molecular flexibility index (Phi) is 12.7. The molecular formula is C26H48N4O8S. The van der Waals surface area contributed by atoms with Gasteiger partial charge in [-0.25, -0.2) is 18.0 Å². The van der Waals surface area contributed by atoms with Crippen molar-refractivity contribution in [1.82, 2.24) is 15.4 Å². The lowest BCUT2D eigenvalue weighted by Crippen LogP contribution is -2.54. The zero-order valence-electron chi connectivity index (χ0n) is 25.0. The van der Waals surface area contributed by atoms with Crippen LogP contribution in [0.3, 0.4) is 0 Å². The molecule has 0 aromatic heterocycles. The normalized spacial score (nSPS) is 25.3. The molecule has 6 atom stereocenters. The Morgan fingerprint density at radius 1 is 1.00 bits per heavy atom. The lowest BCUT2D eigenvalue weighted by atomic mass is 9.74. The number of aldehydes is 1. The van der Waals surface area contributed by atoms with Gasteiger partial charge >= 0.3 is 12.2 Å². The van der Waals surface area contributed by atoms with Crippen molar-refractivity contribution in [3.05, 3.63) is 0 Å². The number of carbonyl (C=O) groups excluding carboxylic acids is 3. The number of aliphatic imine (C=N–C) groups is 1. The van der Waals surface area contributed by atoms with E-state index in [1.807, 2.05) is 20.8 Å². The van der Waals surface area contributed by atoms with Crippen molar-refractivity contribution in [3.63, 3.8) is 0 Å². The molecule has 0 saturated heterocycles. The van der Waals surface area contributed by atoms with Crippen molar-refractivity contribution >= 4 is 34.5 Å². The lowest BCUT2D eigenvalue weighted by Gasteiger charge is -2.42. The number of alkyl carbamates (subject to hydrolysis) is 2. The molecule has 226 valence electrons. The summed E-state index contributed by atoms with van der Waals surface area (Å²) in [6, 6.07) is -0.812. The Bertz CT molecular complexity index is 971. The van der Waals surface area contributed by atoms with E-state index in [0.29, 0.717) is 19.1 Å². The molecule has 1 saturated carbocycles. The van der Waals surface area contributed by atoms with Crippen molar-refractivity contribution < 1.29 is 37.0 Å². The Balaban J connectivity index is 3.01. The Labute approximate surface area is 233 Å². The van der Waals surface area contributed by atoms with Gasteiger partial charge in [-0.2, -0.15) is 0 Å². The number of guanidine groups is 1. The van der Waals surface area contributed by atoms with E-state index in [9.17, 15) is 22.8 Å². The van der Waals surface area contributed by atoms with Gasteiger partial charge in [-0.3, -0.25) is 15.0 Å². The largest absolute Gasteiger partial charge is 0.444 e. The maximum Gasteiger partial charge on any atom is 0.414 e. The summed E-state index contributed by atoms with van der Waals surface area (Å²) in [4.78, 5) is 40.1. The monoisotopic (exact) mass is 576 g/mol. The molecular weight excluding hydrogens is 528 g/mol. The van der Waals surface area contributed by atoms with Crippen LogP contribution in [0, 0.1) is 17.8 Å². The summed E-state index contributed by atoms with van der Waals surface area (Å²) < 4.78 is 45.5. The SMILES string of the molecule is COC1CC(C)C(S(=O)(=O)NC(=NCCC[C@@H](C=O)NC(=O)OC(C)(C)C)NC(=O)OC(C)(C)C)C(C)C1C. The van der Waals surface area contributed by atoms with Gasteiger partial charge in [-0.1, -0.05) is 20.8 Å². The molecule has 0 aromatic rings. The molecule has 0 aromatic carbocycles. The van der Waals surface area contributed by atoms with Crippen LogP contribution < -0.4 is 15.4 Å². The molecule has 0 heterocycles. The van der Waals surface area contributed by atoms with Gasteiger partial charge in [-0.15, -0.1) is 0 Å². The predicted molar refractivity (Wildman–Crippen MR) is 149 cm³/mol. The number of carbonyl (C=O) groups is 3. The van der Waals surface area contributed by atoms with Gasteiger partial charge in [0.05, 0.1) is 17.4 Å². The minimum Gasteiger partial charge on any atom is -0.444 e. The highest BCUT2D eigenvalue weighted by Gasteiger charge is 2.45. The topological polar surface area (TPSA) is 161 Å². The average Bonchev–Trinajstić information content (AvgIpc) is 2.75. The van der Waals surface area contributed by atoms with Crippen LogP contribution >= 0.6 is 0 Å². The second-order valence-electron chi connectivity index (χ2n) is 12.2. The highest BCUT2D eigenvalue weighted by Crippen LogP contribution is 2.38. The number of amides is 2. The number of hydrogen-bond acceptors (Lipinski definition) is 9. The van der Waals surface area contributed by atoms with Gasteiger partial charge in [-0.05, 0) is 78.6 Å². The van der Waals surface area contributed by atoms with Crippen molar-refractivity contribution in [1.29, 1.82) is 0 Å². The second-order valence-corrected chi connectivity index (χ2v) is 14.0. The molecule has 0 spiro atoms. The molecule has 13 heteroatoms. The zero-order valence-corrected chi connectivity index (χ0v) is 25.8. The van der Waals surface area contributed by atoms with Gasteiger partial charge in [0, 0.05) is 13.7 Å². The Morgan fingerprint density at radius 3 is 2.08 bits per heavy atom. The van der Waals surface area contributed by atoms with E-state index >= 15 is 0 Å². The third-order valence-corrected chi connectivity index (χ3v) is 8.52. The fraction of sp³-hybridized carbons (Fsp3) is 0.846. The Hall–Kier alpha value is -2.41. The van der Waals surface area contributed by atoms with Crippen molar-refractivity contribution in [2.45, 2.75) is 110 Å². The van der Waals surface area contributed by atoms with Crippen LogP contribution in [0.25, 0.3) is 0 Å². The van der Waals surface area contributed by atoms with Crippen LogP contribution in [0.2, 0.25) is 0 Å². The molecule has 0 bridgehead atoms. The number of nitrogens with zero attached hydrogens (tertiary/aromatic N) is 1. The molecule has 0 radical (unpaired) electrons. The fourth-order valence-corrected chi connectivity index (χ4v) is 6.66. The number of ether oxygens (including phenoxy) is 3. The summed E-state index contributed by atoms with van der Waals surface area (Å²) in [5.74, 6) is -0.683. The van der Waals surface area contributed by atoms with Crippen molar-refractivity contribution in [2.24, 2.45) is 22.7 Å². The summed E-state index contributed by atoms with van der Waals surface area (Å²) in [5.41, 5.74) is -1.52.